The van der Waals surface area contributed by atoms with Crippen LogP contribution in [0.2, 0.25) is 0 Å². The summed E-state index contributed by atoms with van der Waals surface area (Å²) < 4.78 is 0. The molecule has 2 nitrogen and oxygen atoms in total. The summed E-state index contributed by atoms with van der Waals surface area (Å²) in [5.41, 5.74) is 4.98. The van der Waals surface area contributed by atoms with Crippen LogP contribution in [0.3, 0.4) is 0 Å². The van der Waals surface area contributed by atoms with E-state index in [0.29, 0.717) is 11.8 Å². The summed E-state index contributed by atoms with van der Waals surface area (Å²) in [4.78, 5) is 13.4. The van der Waals surface area contributed by atoms with Crippen LogP contribution in [-0.2, 0) is 11.8 Å². The fraction of sp³-hybridized carbons (Fsp3) is 0.560. The Labute approximate surface area is 173 Å². The highest BCUT2D eigenvalue weighted by molar-refractivity contribution is 7.12. The normalized spacial score (nSPS) is 29.2. The molecule has 0 radical (unpaired) electrons. The lowest BCUT2D eigenvalue weighted by molar-refractivity contribution is 0.0254. The zero-order chi connectivity index (χ0) is 19.9. The molecule has 2 aliphatic rings. The van der Waals surface area contributed by atoms with Crippen molar-refractivity contribution in [1.82, 2.24) is 5.32 Å². The second kappa shape index (κ2) is 7.33. The van der Waals surface area contributed by atoms with E-state index in [9.17, 15) is 4.79 Å². The number of amides is 1. The van der Waals surface area contributed by atoms with Gasteiger partial charge in [-0.3, -0.25) is 4.79 Å². The van der Waals surface area contributed by atoms with Gasteiger partial charge in [-0.25, -0.2) is 0 Å². The number of carbonyl (C=O) groups excluding carboxylic acids is 1. The highest BCUT2D eigenvalue weighted by atomic mass is 32.1. The third kappa shape index (κ3) is 3.32. The molecule has 0 unspecified atom stereocenters. The molecule has 1 saturated carbocycles. The van der Waals surface area contributed by atoms with E-state index in [1.165, 1.54) is 49.0 Å². The smallest absolute Gasteiger partial charge is 0.261 e. The Balaban J connectivity index is 1.61. The van der Waals surface area contributed by atoms with Crippen molar-refractivity contribution in [3.63, 3.8) is 0 Å². The number of hydrogen-bond acceptors (Lipinski definition) is 2. The van der Waals surface area contributed by atoms with Crippen LogP contribution in [0.25, 0.3) is 0 Å². The van der Waals surface area contributed by atoms with Gasteiger partial charge >= 0.3 is 0 Å². The average Bonchev–Trinajstić information content (AvgIpc) is 3.20. The van der Waals surface area contributed by atoms with Crippen molar-refractivity contribution in [2.75, 3.05) is 6.54 Å². The van der Waals surface area contributed by atoms with Gasteiger partial charge < -0.3 is 5.32 Å². The molecule has 4 rings (SSSR count). The van der Waals surface area contributed by atoms with Gasteiger partial charge in [0.25, 0.3) is 5.91 Å². The lowest BCUT2D eigenvalue weighted by Crippen LogP contribution is -2.53. The first-order chi connectivity index (χ1) is 13.3. The zero-order valence-corrected chi connectivity index (χ0v) is 18.5. The van der Waals surface area contributed by atoms with Crippen molar-refractivity contribution in [3.05, 3.63) is 57.3 Å². The van der Waals surface area contributed by atoms with Crippen molar-refractivity contribution in [2.45, 2.75) is 71.1 Å². The van der Waals surface area contributed by atoms with Gasteiger partial charge in [-0.1, -0.05) is 58.4 Å². The van der Waals surface area contributed by atoms with Gasteiger partial charge in [-0.2, -0.15) is 0 Å². The molecule has 1 aromatic carbocycles. The molecule has 2 aromatic rings. The number of aryl methyl sites for hydroxylation is 1. The maximum absolute atomic E-state index is 12.5. The molecule has 0 aliphatic heterocycles. The number of carbonyl (C=O) groups is 1. The third-order valence-corrected chi connectivity index (χ3v) is 8.44. The molecular formula is C25H33NOS. The number of thiophene rings is 1. The van der Waals surface area contributed by atoms with Crippen LogP contribution in [0.5, 0.6) is 0 Å². The number of fused-ring (bicyclic) bond motifs is 3. The van der Waals surface area contributed by atoms with Crippen LogP contribution in [-0.4, -0.2) is 12.5 Å². The van der Waals surface area contributed by atoms with Gasteiger partial charge in [-0.15, -0.1) is 11.3 Å². The van der Waals surface area contributed by atoms with E-state index in [4.69, 9.17) is 0 Å². The monoisotopic (exact) mass is 395 g/mol. The number of nitrogens with one attached hydrogen (secondary N) is 1. The first-order valence-corrected chi connectivity index (χ1v) is 11.7. The van der Waals surface area contributed by atoms with Crippen molar-refractivity contribution < 1.29 is 4.79 Å². The second-order valence-electron chi connectivity index (χ2n) is 9.75. The van der Waals surface area contributed by atoms with E-state index in [-0.39, 0.29) is 16.7 Å². The molecule has 3 atom stereocenters. The van der Waals surface area contributed by atoms with Gasteiger partial charge in [-0.05, 0) is 76.5 Å². The minimum atomic E-state index is 0.0850. The molecule has 28 heavy (non-hydrogen) atoms. The summed E-state index contributed by atoms with van der Waals surface area (Å²) in [5, 5.41) is 5.24. The maximum Gasteiger partial charge on any atom is 0.261 e. The van der Waals surface area contributed by atoms with E-state index in [1.54, 1.807) is 11.1 Å². The maximum atomic E-state index is 12.5. The highest BCUT2D eigenvalue weighted by Gasteiger charge is 2.51. The van der Waals surface area contributed by atoms with Crippen molar-refractivity contribution >= 4 is 17.2 Å². The van der Waals surface area contributed by atoms with E-state index in [1.807, 2.05) is 17.5 Å². The molecule has 1 aromatic heterocycles. The lowest BCUT2D eigenvalue weighted by Gasteiger charge is -2.55. The molecule has 1 fully saturated rings. The van der Waals surface area contributed by atoms with Crippen LogP contribution >= 0.6 is 11.3 Å². The molecule has 1 heterocycles. The van der Waals surface area contributed by atoms with Gasteiger partial charge in [0.2, 0.25) is 0 Å². The first kappa shape index (κ1) is 19.7. The Hall–Kier alpha value is -1.61. The summed E-state index contributed by atoms with van der Waals surface area (Å²) in [6, 6.07) is 11.1. The second-order valence-corrected chi connectivity index (χ2v) is 10.7. The number of benzene rings is 1. The molecule has 150 valence electrons. The third-order valence-electron chi connectivity index (χ3n) is 7.57. The molecule has 0 saturated heterocycles. The van der Waals surface area contributed by atoms with Gasteiger partial charge in [0.05, 0.1) is 4.88 Å². The Morgan fingerprint density at radius 2 is 2.07 bits per heavy atom. The first-order valence-electron chi connectivity index (χ1n) is 10.8. The quantitative estimate of drug-likeness (QED) is 0.645. The van der Waals surface area contributed by atoms with E-state index in [2.05, 4.69) is 51.2 Å². The van der Waals surface area contributed by atoms with Crippen molar-refractivity contribution in [3.8, 4) is 0 Å². The summed E-state index contributed by atoms with van der Waals surface area (Å²) in [7, 11) is 0. The van der Waals surface area contributed by atoms with Crippen LogP contribution in [0, 0.1) is 11.3 Å². The molecule has 0 bridgehead atoms. The Morgan fingerprint density at radius 1 is 1.25 bits per heavy atom. The Kier molecular flexibility index (Phi) is 5.16. The zero-order valence-electron chi connectivity index (χ0n) is 17.7. The summed E-state index contributed by atoms with van der Waals surface area (Å²) in [6.07, 6.45) is 6.11. The minimum absolute atomic E-state index is 0.0850. The van der Waals surface area contributed by atoms with Gasteiger partial charge in [0.1, 0.15) is 0 Å². The SMILES string of the molecule is CC(C)c1ccc2c(c1)[C@]1(C)CCC[C@@](C)(CNC(=O)c3cccs3)[C@H]1CC2. The van der Waals surface area contributed by atoms with E-state index >= 15 is 0 Å². The summed E-state index contributed by atoms with van der Waals surface area (Å²) in [6.45, 7) is 10.3. The predicted molar refractivity (Wildman–Crippen MR) is 118 cm³/mol. The molecule has 0 spiro atoms. The topological polar surface area (TPSA) is 29.1 Å². The highest BCUT2D eigenvalue weighted by Crippen LogP contribution is 2.57. The van der Waals surface area contributed by atoms with Crippen LogP contribution in [0.1, 0.15) is 85.7 Å². The minimum Gasteiger partial charge on any atom is -0.351 e. The van der Waals surface area contributed by atoms with Crippen molar-refractivity contribution in [2.24, 2.45) is 11.3 Å². The number of rotatable bonds is 4. The molecule has 1 N–H and O–H groups in total. The molecule has 3 heteroatoms. The predicted octanol–water partition coefficient (Wildman–Crippen LogP) is 6.31. The summed E-state index contributed by atoms with van der Waals surface area (Å²) >= 11 is 1.52. The van der Waals surface area contributed by atoms with Gasteiger partial charge in [0, 0.05) is 6.54 Å². The fourth-order valence-corrected chi connectivity index (χ4v) is 6.60. The Bertz CT molecular complexity index is 855. The Morgan fingerprint density at radius 3 is 2.79 bits per heavy atom. The molecule has 2 aliphatic carbocycles. The molecular weight excluding hydrogens is 362 g/mol. The fourth-order valence-electron chi connectivity index (χ4n) is 5.96. The summed E-state index contributed by atoms with van der Waals surface area (Å²) in [5.74, 6) is 1.27. The van der Waals surface area contributed by atoms with Crippen LogP contribution < -0.4 is 5.32 Å². The van der Waals surface area contributed by atoms with E-state index < -0.39 is 0 Å². The van der Waals surface area contributed by atoms with Crippen LogP contribution in [0.15, 0.2) is 35.7 Å². The molecule has 1 amide bonds. The number of hydrogen-bond donors (Lipinski definition) is 1. The lowest BCUT2D eigenvalue weighted by atomic mass is 9.49. The van der Waals surface area contributed by atoms with Crippen molar-refractivity contribution in [1.29, 1.82) is 0 Å². The average molecular weight is 396 g/mol. The standard InChI is InChI=1S/C25H33NOS/c1-17(2)19-9-8-18-10-11-22-24(3,12-6-13-25(22,4)20(18)15-19)16-26-23(27)21-7-5-14-28-21/h5,7-9,14-15,17,22H,6,10-13,16H2,1-4H3,(H,26,27)/t22-,24+,25+/m1/s1. The largest absolute Gasteiger partial charge is 0.351 e. The van der Waals surface area contributed by atoms with Gasteiger partial charge in [0.15, 0.2) is 0 Å². The van der Waals surface area contributed by atoms with E-state index in [0.717, 1.165) is 11.4 Å². The van der Waals surface area contributed by atoms with Crippen LogP contribution in [0.4, 0.5) is 0 Å².